The van der Waals surface area contributed by atoms with E-state index in [0.717, 1.165) is 22.0 Å². The zero-order valence-electron chi connectivity index (χ0n) is 14.8. The topological polar surface area (TPSA) is 100 Å². The number of nitrogens with one attached hydrogen (secondary N) is 3. The summed E-state index contributed by atoms with van der Waals surface area (Å²) in [7, 11) is 0. The average Bonchev–Trinajstić information content (AvgIpc) is 3.06. The third-order valence-corrected chi connectivity index (χ3v) is 4.85. The van der Waals surface area contributed by atoms with E-state index in [1.54, 1.807) is 6.92 Å². The molecule has 27 heavy (non-hydrogen) atoms. The minimum absolute atomic E-state index is 0.153. The monoisotopic (exact) mass is 384 g/mol. The van der Waals surface area contributed by atoms with Crippen LogP contribution in [0.5, 0.6) is 0 Å². The first-order valence-corrected chi connectivity index (χ1v) is 8.99. The maximum atomic E-state index is 12.3. The van der Waals surface area contributed by atoms with E-state index in [4.69, 9.17) is 17.3 Å². The maximum absolute atomic E-state index is 12.3. The molecule has 2 atom stereocenters. The number of hydrogen-bond acceptors (Lipinski definition) is 2. The van der Waals surface area contributed by atoms with Gasteiger partial charge in [0.2, 0.25) is 5.91 Å². The molecule has 0 unspecified atom stereocenters. The van der Waals surface area contributed by atoms with Crippen molar-refractivity contribution < 1.29 is 9.59 Å². The van der Waals surface area contributed by atoms with E-state index in [-0.39, 0.29) is 11.8 Å². The van der Waals surface area contributed by atoms with Gasteiger partial charge in [0.05, 0.1) is 0 Å². The molecule has 3 rings (SSSR count). The number of aromatic nitrogens is 1. The number of benzene rings is 2. The first-order chi connectivity index (χ1) is 13.0. The summed E-state index contributed by atoms with van der Waals surface area (Å²) in [6.07, 6.45) is 1.94. The number of amides is 3. The second kappa shape index (κ2) is 8.14. The molecule has 3 aromatic rings. The Morgan fingerprint density at radius 2 is 1.81 bits per heavy atom. The highest BCUT2D eigenvalue weighted by atomic mass is 35.5. The van der Waals surface area contributed by atoms with Crippen LogP contribution in [0.4, 0.5) is 4.79 Å². The van der Waals surface area contributed by atoms with E-state index >= 15 is 0 Å². The van der Waals surface area contributed by atoms with Gasteiger partial charge in [0.25, 0.3) is 0 Å². The van der Waals surface area contributed by atoms with E-state index < -0.39 is 12.1 Å². The molecule has 0 fully saturated rings. The first-order valence-electron chi connectivity index (χ1n) is 8.61. The maximum Gasteiger partial charge on any atom is 0.312 e. The smallest absolute Gasteiger partial charge is 0.312 e. The van der Waals surface area contributed by atoms with Crippen molar-refractivity contribution in [1.82, 2.24) is 15.6 Å². The van der Waals surface area contributed by atoms with Crippen molar-refractivity contribution in [2.24, 2.45) is 5.73 Å². The summed E-state index contributed by atoms with van der Waals surface area (Å²) < 4.78 is 0. The summed E-state index contributed by atoms with van der Waals surface area (Å²) in [5.74, 6) is -0.467. The summed E-state index contributed by atoms with van der Waals surface area (Å²) in [5, 5.41) is 6.96. The van der Waals surface area contributed by atoms with Gasteiger partial charge < -0.3 is 21.4 Å². The van der Waals surface area contributed by atoms with Crippen molar-refractivity contribution in [1.29, 1.82) is 0 Å². The quantitative estimate of drug-likeness (QED) is 0.525. The Hall–Kier alpha value is -2.99. The minimum Gasteiger partial charge on any atom is -0.361 e. The van der Waals surface area contributed by atoms with Crippen LogP contribution in [0, 0.1) is 0 Å². The summed E-state index contributed by atoms with van der Waals surface area (Å²) in [6, 6.07) is 14.1. The number of carbonyl (C=O) groups excluding carboxylic acids is 2. The lowest BCUT2D eigenvalue weighted by Crippen LogP contribution is -2.47. The molecule has 7 heteroatoms. The lowest BCUT2D eigenvalue weighted by atomic mass is 9.90. The number of H-pyrrole nitrogens is 1. The van der Waals surface area contributed by atoms with Gasteiger partial charge in [-0.05, 0) is 30.2 Å². The summed E-state index contributed by atoms with van der Waals surface area (Å²) in [4.78, 5) is 26.5. The van der Waals surface area contributed by atoms with Crippen LogP contribution in [0.25, 0.3) is 10.9 Å². The third kappa shape index (κ3) is 4.23. The van der Waals surface area contributed by atoms with E-state index in [0.29, 0.717) is 11.6 Å². The van der Waals surface area contributed by atoms with Crippen molar-refractivity contribution >= 4 is 34.4 Å². The van der Waals surface area contributed by atoms with E-state index in [2.05, 4.69) is 15.6 Å². The SMILES string of the molecule is C[C@H](NC(N)=O)C(=O)NC[C@H](c1ccccc1Cl)c1c[nH]c2ccccc12. The molecule has 3 amide bonds. The standard InChI is InChI=1S/C20H21ClN4O2/c1-12(25-20(22)27)19(26)24-11-15(13-6-2-4-8-17(13)21)16-10-23-18-9-5-3-7-14(16)18/h2-10,12,15,23H,11H2,1H3,(H,24,26)(H3,22,25,27)/t12-,15+/m0/s1. The molecule has 0 saturated heterocycles. The second-order valence-corrected chi connectivity index (χ2v) is 6.75. The van der Waals surface area contributed by atoms with Gasteiger partial charge in [-0.2, -0.15) is 0 Å². The molecule has 6 nitrogen and oxygen atoms in total. The van der Waals surface area contributed by atoms with Gasteiger partial charge in [-0.25, -0.2) is 4.79 Å². The number of fused-ring (bicyclic) bond motifs is 1. The zero-order valence-corrected chi connectivity index (χ0v) is 15.6. The van der Waals surface area contributed by atoms with Crippen LogP contribution in [0.3, 0.4) is 0 Å². The molecule has 2 aromatic carbocycles. The van der Waals surface area contributed by atoms with Gasteiger partial charge in [-0.15, -0.1) is 0 Å². The van der Waals surface area contributed by atoms with Crippen LogP contribution in [0.1, 0.15) is 24.0 Å². The Morgan fingerprint density at radius 1 is 1.11 bits per heavy atom. The fourth-order valence-electron chi connectivity index (χ4n) is 3.16. The summed E-state index contributed by atoms with van der Waals surface area (Å²) in [6.45, 7) is 1.91. The minimum atomic E-state index is -0.739. The van der Waals surface area contributed by atoms with E-state index in [9.17, 15) is 9.59 Å². The number of primary amides is 1. The van der Waals surface area contributed by atoms with Crippen LogP contribution in [-0.4, -0.2) is 29.5 Å². The largest absolute Gasteiger partial charge is 0.361 e. The number of aromatic amines is 1. The van der Waals surface area contributed by atoms with Crippen LogP contribution >= 0.6 is 11.6 Å². The molecule has 0 spiro atoms. The van der Waals surface area contributed by atoms with Crippen molar-refractivity contribution in [3.05, 3.63) is 70.9 Å². The molecule has 5 N–H and O–H groups in total. The Labute approximate surface area is 162 Å². The van der Waals surface area contributed by atoms with Crippen molar-refractivity contribution in [3.63, 3.8) is 0 Å². The summed E-state index contributed by atoms with van der Waals surface area (Å²) in [5.41, 5.74) is 8.05. The number of para-hydroxylation sites is 1. The molecule has 0 saturated carbocycles. The van der Waals surface area contributed by atoms with Gasteiger partial charge in [0.1, 0.15) is 6.04 Å². The van der Waals surface area contributed by atoms with Crippen molar-refractivity contribution in [2.75, 3.05) is 6.54 Å². The van der Waals surface area contributed by atoms with Gasteiger partial charge in [-0.1, -0.05) is 48.0 Å². The number of halogens is 1. The number of hydrogen-bond donors (Lipinski definition) is 4. The van der Waals surface area contributed by atoms with Gasteiger partial charge >= 0.3 is 6.03 Å². The predicted molar refractivity (Wildman–Crippen MR) is 107 cm³/mol. The highest BCUT2D eigenvalue weighted by Crippen LogP contribution is 2.34. The number of urea groups is 1. The first kappa shape index (κ1) is 18.8. The van der Waals surface area contributed by atoms with Crippen LogP contribution < -0.4 is 16.4 Å². The van der Waals surface area contributed by atoms with Crippen LogP contribution in [0.2, 0.25) is 5.02 Å². The molecule has 0 bridgehead atoms. The number of carbonyl (C=O) groups is 2. The Morgan fingerprint density at radius 3 is 2.56 bits per heavy atom. The molecule has 0 aliphatic carbocycles. The van der Waals surface area contributed by atoms with Crippen LogP contribution in [0.15, 0.2) is 54.7 Å². The fraction of sp³-hybridized carbons (Fsp3) is 0.200. The molecular formula is C20H21ClN4O2. The summed E-state index contributed by atoms with van der Waals surface area (Å²) >= 11 is 6.44. The third-order valence-electron chi connectivity index (χ3n) is 4.51. The zero-order chi connectivity index (χ0) is 19.4. The van der Waals surface area contributed by atoms with E-state index in [1.165, 1.54) is 0 Å². The molecule has 0 radical (unpaired) electrons. The Balaban J connectivity index is 1.91. The van der Waals surface area contributed by atoms with Gasteiger partial charge in [0.15, 0.2) is 0 Å². The lowest BCUT2D eigenvalue weighted by molar-refractivity contribution is -0.122. The molecule has 140 valence electrons. The predicted octanol–water partition coefficient (Wildman–Crippen LogP) is 3.13. The molecule has 1 aromatic heterocycles. The Kier molecular flexibility index (Phi) is 5.66. The van der Waals surface area contributed by atoms with Crippen molar-refractivity contribution in [3.8, 4) is 0 Å². The molecule has 1 heterocycles. The normalized spacial score (nSPS) is 13.1. The van der Waals surface area contributed by atoms with Crippen LogP contribution in [-0.2, 0) is 4.79 Å². The molecular weight excluding hydrogens is 364 g/mol. The van der Waals surface area contributed by atoms with Crippen molar-refractivity contribution in [2.45, 2.75) is 18.9 Å². The fourth-order valence-corrected chi connectivity index (χ4v) is 3.43. The van der Waals surface area contributed by atoms with E-state index in [1.807, 2.05) is 54.7 Å². The molecule has 0 aliphatic heterocycles. The van der Waals surface area contributed by atoms with Gasteiger partial charge in [0, 0.05) is 34.6 Å². The highest BCUT2D eigenvalue weighted by Gasteiger charge is 2.22. The highest BCUT2D eigenvalue weighted by molar-refractivity contribution is 6.31. The molecule has 0 aliphatic rings. The Bertz CT molecular complexity index is 969. The lowest BCUT2D eigenvalue weighted by Gasteiger charge is -2.21. The van der Waals surface area contributed by atoms with Gasteiger partial charge in [-0.3, -0.25) is 4.79 Å². The number of nitrogens with two attached hydrogens (primary N) is 1. The number of rotatable bonds is 6. The average molecular weight is 385 g/mol. The second-order valence-electron chi connectivity index (χ2n) is 6.34.